The van der Waals surface area contributed by atoms with Crippen LogP contribution in [0.2, 0.25) is 0 Å². The molecule has 2 amide bonds. The quantitative estimate of drug-likeness (QED) is 0.728. The number of nitrogens with one attached hydrogen (secondary N) is 2. The molecule has 1 aliphatic carbocycles. The van der Waals surface area contributed by atoms with Crippen molar-refractivity contribution in [1.29, 1.82) is 0 Å². The molecular formula is C16H22FN3O2. The van der Waals surface area contributed by atoms with Crippen molar-refractivity contribution in [3.8, 4) is 0 Å². The lowest BCUT2D eigenvalue weighted by atomic mass is 9.79. The number of hydrogen-bond acceptors (Lipinski definition) is 3. The average Bonchev–Trinajstić information content (AvgIpc) is 3.01. The van der Waals surface area contributed by atoms with Crippen LogP contribution in [0.1, 0.15) is 31.2 Å². The second-order valence-electron chi connectivity index (χ2n) is 5.75. The van der Waals surface area contributed by atoms with E-state index in [1.54, 1.807) is 12.1 Å². The fourth-order valence-corrected chi connectivity index (χ4v) is 3.00. The van der Waals surface area contributed by atoms with Crippen LogP contribution in [0.3, 0.4) is 0 Å². The van der Waals surface area contributed by atoms with Crippen LogP contribution in [-0.4, -0.2) is 31.4 Å². The van der Waals surface area contributed by atoms with Gasteiger partial charge in [-0.15, -0.1) is 0 Å². The molecule has 1 aliphatic rings. The predicted octanol–water partition coefficient (Wildman–Crippen LogP) is 0.829. The minimum absolute atomic E-state index is 0.0739. The van der Waals surface area contributed by atoms with Crippen molar-refractivity contribution in [2.75, 3.05) is 19.6 Å². The first-order chi connectivity index (χ1) is 10.6. The largest absolute Gasteiger partial charge is 0.354 e. The van der Waals surface area contributed by atoms with Gasteiger partial charge >= 0.3 is 0 Å². The molecule has 120 valence electrons. The first-order valence-electron chi connectivity index (χ1n) is 7.55. The van der Waals surface area contributed by atoms with E-state index >= 15 is 0 Å². The monoisotopic (exact) mass is 307 g/mol. The Balaban J connectivity index is 1.96. The van der Waals surface area contributed by atoms with Gasteiger partial charge in [0.15, 0.2) is 0 Å². The van der Waals surface area contributed by atoms with Gasteiger partial charge in [0.25, 0.3) is 0 Å². The summed E-state index contributed by atoms with van der Waals surface area (Å²) in [6, 6.07) is 6.50. The van der Waals surface area contributed by atoms with E-state index < -0.39 is 0 Å². The lowest BCUT2D eigenvalue weighted by Crippen LogP contribution is -2.44. The van der Waals surface area contributed by atoms with Crippen LogP contribution in [0.15, 0.2) is 24.3 Å². The van der Waals surface area contributed by atoms with Crippen LogP contribution >= 0.6 is 0 Å². The Labute approximate surface area is 129 Å². The van der Waals surface area contributed by atoms with Crippen molar-refractivity contribution in [2.24, 2.45) is 5.73 Å². The van der Waals surface area contributed by atoms with Crippen LogP contribution in [0, 0.1) is 5.82 Å². The predicted molar refractivity (Wildman–Crippen MR) is 81.6 cm³/mol. The normalized spacial score (nSPS) is 16.3. The van der Waals surface area contributed by atoms with Crippen LogP contribution in [0.5, 0.6) is 0 Å². The molecule has 6 heteroatoms. The number of nitrogens with two attached hydrogens (primary N) is 1. The molecule has 5 nitrogen and oxygen atoms in total. The Morgan fingerprint density at radius 2 is 1.73 bits per heavy atom. The topological polar surface area (TPSA) is 84.2 Å². The molecule has 0 radical (unpaired) electrons. The molecule has 2 rings (SSSR count). The van der Waals surface area contributed by atoms with E-state index in [4.69, 9.17) is 5.73 Å². The number of amides is 2. The van der Waals surface area contributed by atoms with E-state index in [9.17, 15) is 14.0 Å². The van der Waals surface area contributed by atoms with Crippen LogP contribution in [0.25, 0.3) is 0 Å². The van der Waals surface area contributed by atoms with Crippen molar-refractivity contribution in [3.63, 3.8) is 0 Å². The van der Waals surface area contributed by atoms with E-state index in [1.807, 2.05) is 0 Å². The van der Waals surface area contributed by atoms with Gasteiger partial charge in [0.05, 0.1) is 13.1 Å². The molecular weight excluding hydrogens is 285 g/mol. The van der Waals surface area contributed by atoms with Gasteiger partial charge in [-0.05, 0) is 30.5 Å². The number of carbonyl (C=O) groups is 2. The number of halogens is 1. The summed E-state index contributed by atoms with van der Waals surface area (Å²) in [5.74, 6) is -0.857. The summed E-state index contributed by atoms with van der Waals surface area (Å²) in [5, 5.41) is 5.31. The standard InChI is InChI=1S/C16H22FN3O2/c17-13-5-3-12(4-6-13)16(7-1-2-8-16)11-20-15(22)10-19-14(21)9-18/h3-6H,1-2,7-11,18H2,(H,19,21)(H,20,22). The Kier molecular flexibility index (Phi) is 5.49. The summed E-state index contributed by atoms with van der Waals surface area (Å²) >= 11 is 0. The highest BCUT2D eigenvalue weighted by Gasteiger charge is 2.35. The first kappa shape index (κ1) is 16.4. The van der Waals surface area contributed by atoms with Crippen LogP contribution in [0.4, 0.5) is 4.39 Å². The highest BCUT2D eigenvalue weighted by atomic mass is 19.1. The third-order valence-electron chi connectivity index (χ3n) is 4.27. The Bertz CT molecular complexity index is 525. The molecule has 0 heterocycles. The zero-order valence-electron chi connectivity index (χ0n) is 12.5. The lowest BCUT2D eigenvalue weighted by Gasteiger charge is -2.30. The lowest BCUT2D eigenvalue weighted by molar-refractivity contribution is -0.125. The van der Waals surface area contributed by atoms with E-state index in [2.05, 4.69) is 10.6 Å². The van der Waals surface area contributed by atoms with Crippen molar-refractivity contribution >= 4 is 11.8 Å². The summed E-state index contributed by atoms with van der Waals surface area (Å²) in [6.45, 7) is 0.290. The van der Waals surface area contributed by atoms with Gasteiger partial charge in [-0.25, -0.2) is 4.39 Å². The van der Waals surface area contributed by atoms with Crippen LogP contribution < -0.4 is 16.4 Å². The van der Waals surface area contributed by atoms with Gasteiger partial charge in [-0.1, -0.05) is 25.0 Å². The van der Waals surface area contributed by atoms with Crippen LogP contribution in [-0.2, 0) is 15.0 Å². The fraction of sp³-hybridized carbons (Fsp3) is 0.500. The maximum Gasteiger partial charge on any atom is 0.239 e. The molecule has 0 bridgehead atoms. The summed E-state index contributed by atoms with van der Waals surface area (Å²) in [7, 11) is 0. The highest BCUT2D eigenvalue weighted by Crippen LogP contribution is 2.40. The van der Waals surface area contributed by atoms with Crippen molar-refractivity contribution in [3.05, 3.63) is 35.6 Å². The summed E-state index contributed by atoms with van der Waals surface area (Å²) < 4.78 is 13.1. The molecule has 0 saturated heterocycles. The summed E-state index contributed by atoms with van der Waals surface area (Å²) in [4.78, 5) is 22.9. The molecule has 0 aromatic heterocycles. The molecule has 0 atom stereocenters. The first-order valence-corrected chi connectivity index (χ1v) is 7.55. The highest BCUT2D eigenvalue weighted by molar-refractivity contribution is 5.85. The summed E-state index contributed by atoms with van der Waals surface area (Å²) in [6.07, 6.45) is 4.12. The fourth-order valence-electron chi connectivity index (χ4n) is 3.00. The second-order valence-corrected chi connectivity index (χ2v) is 5.75. The van der Waals surface area contributed by atoms with Gasteiger partial charge < -0.3 is 16.4 Å². The number of hydrogen-bond donors (Lipinski definition) is 3. The molecule has 1 aromatic carbocycles. The van der Waals surface area contributed by atoms with Gasteiger partial charge in [0.2, 0.25) is 11.8 Å². The minimum atomic E-state index is -0.357. The third kappa shape index (κ3) is 4.04. The Hall–Kier alpha value is -1.95. The molecule has 0 spiro atoms. The van der Waals surface area contributed by atoms with E-state index in [0.29, 0.717) is 6.54 Å². The minimum Gasteiger partial charge on any atom is -0.354 e. The molecule has 4 N–H and O–H groups in total. The zero-order chi connectivity index (χ0) is 16.0. The van der Waals surface area contributed by atoms with Crippen molar-refractivity contribution in [2.45, 2.75) is 31.1 Å². The smallest absolute Gasteiger partial charge is 0.239 e. The van der Waals surface area contributed by atoms with Gasteiger partial charge in [0, 0.05) is 12.0 Å². The maximum atomic E-state index is 13.1. The maximum absolute atomic E-state index is 13.1. The van der Waals surface area contributed by atoms with Crippen molar-refractivity contribution < 1.29 is 14.0 Å². The van der Waals surface area contributed by atoms with Gasteiger partial charge in [-0.2, -0.15) is 0 Å². The zero-order valence-corrected chi connectivity index (χ0v) is 12.5. The number of benzene rings is 1. The average molecular weight is 307 g/mol. The molecule has 1 aromatic rings. The molecule has 22 heavy (non-hydrogen) atoms. The Morgan fingerprint density at radius 3 is 2.32 bits per heavy atom. The van der Waals surface area contributed by atoms with E-state index in [1.165, 1.54) is 12.1 Å². The molecule has 0 unspecified atom stereocenters. The van der Waals surface area contributed by atoms with Gasteiger partial charge in [0.1, 0.15) is 5.82 Å². The Morgan fingerprint density at radius 1 is 1.09 bits per heavy atom. The summed E-state index contributed by atoms with van der Waals surface area (Å²) in [5.41, 5.74) is 6.08. The molecule has 1 saturated carbocycles. The molecule has 0 aliphatic heterocycles. The second kappa shape index (κ2) is 7.35. The number of carbonyl (C=O) groups excluding carboxylic acids is 2. The molecule has 1 fully saturated rings. The van der Waals surface area contributed by atoms with Crippen molar-refractivity contribution in [1.82, 2.24) is 10.6 Å². The van der Waals surface area contributed by atoms with E-state index in [-0.39, 0.29) is 36.1 Å². The third-order valence-corrected chi connectivity index (χ3v) is 4.27. The van der Waals surface area contributed by atoms with Gasteiger partial charge in [-0.3, -0.25) is 9.59 Å². The van der Waals surface area contributed by atoms with E-state index in [0.717, 1.165) is 31.2 Å². The number of rotatable bonds is 6. The SMILES string of the molecule is NCC(=O)NCC(=O)NCC1(c2ccc(F)cc2)CCCC1.